The summed E-state index contributed by atoms with van der Waals surface area (Å²) in [5, 5.41) is 5.78. The van der Waals surface area contributed by atoms with Crippen molar-refractivity contribution in [2.24, 2.45) is 5.92 Å². The number of fused-ring (bicyclic) bond motifs is 1. The largest absolute Gasteiger partial charge is 0.342 e. The molecule has 30 heavy (non-hydrogen) atoms. The number of hydrogen-bond acceptors (Lipinski definition) is 6. The van der Waals surface area contributed by atoms with Crippen LogP contribution in [0.2, 0.25) is 0 Å². The third kappa shape index (κ3) is 4.73. The molecule has 0 aliphatic carbocycles. The Labute approximate surface area is 177 Å². The van der Waals surface area contributed by atoms with E-state index < -0.39 is 0 Å². The second-order valence-corrected chi connectivity index (χ2v) is 8.28. The summed E-state index contributed by atoms with van der Waals surface area (Å²) in [4.78, 5) is 50.4. The zero-order valence-electron chi connectivity index (χ0n) is 16.5. The molecule has 9 heteroatoms. The van der Waals surface area contributed by atoms with Gasteiger partial charge in [0.05, 0.1) is 16.8 Å². The number of amides is 2. The van der Waals surface area contributed by atoms with Gasteiger partial charge in [0.1, 0.15) is 5.82 Å². The molecule has 2 N–H and O–H groups in total. The molecule has 1 unspecified atom stereocenters. The number of piperidine rings is 1. The number of carbonyl (C=O) groups excluding carboxylic acids is 2. The van der Waals surface area contributed by atoms with Gasteiger partial charge in [-0.1, -0.05) is 12.1 Å². The Morgan fingerprint density at radius 2 is 2.17 bits per heavy atom. The molecule has 2 amide bonds. The predicted octanol–water partition coefficient (Wildman–Crippen LogP) is 2.58. The second kappa shape index (κ2) is 9.17. The monoisotopic (exact) mass is 425 g/mol. The maximum absolute atomic E-state index is 12.6. The van der Waals surface area contributed by atoms with E-state index in [1.165, 1.54) is 11.3 Å². The Morgan fingerprint density at radius 1 is 1.30 bits per heavy atom. The van der Waals surface area contributed by atoms with Crippen LogP contribution in [0, 0.1) is 5.92 Å². The van der Waals surface area contributed by atoms with E-state index in [0.29, 0.717) is 54.2 Å². The molecule has 0 radical (unpaired) electrons. The molecule has 4 rings (SSSR count). The van der Waals surface area contributed by atoms with Gasteiger partial charge < -0.3 is 15.2 Å². The molecule has 1 saturated heterocycles. The molecule has 0 spiro atoms. The Kier molecular flexibility index (Phi) is 6.18. The lowest BCUT2D eigenvalue weighted by Crippen LogP contribution is -2.43. The first-order chi connectivity index (χ1) is 14.6. The number of para-hydroxylation sites is 1. The lowest BCUT2D eigenvalue weighted by molar-refractivity contribution is -0.134. The number of rotatable bonds is 6. The highest BCUT2D eigenvalue weighted by atomic mass is 32.1. The fourth-order valence-electron chi connectivity index (χ4n) is 3.73. The first-order valence-electron chi connectivity index (χ1n) is 10.1. The zero-order chi connectivity index (χ0) is 20.9. The smallest absolute Gasteiger partial charge is 0.258 e. The van der Waals surface area contributed by atoms with E-state index >= 15 is 0 Å². The van der Waals surface area contributed by atoms with Crippen molar-refractivity contribution >= 4 is 39.2 Å². The fourth-order valence-corrected chi connectivity index (χ4v) is 4.26. The molecule has 8 nitrogen and oxygen atoms in total. The van der Waals surface area contributed by atoms with Gasteiger partial charge in [0.25, 0.3) is 5.56 Å². The molecular formula is C21H23N5O3S. The van der Waals surface area contributed by atoms with E-state index in [4.69, 9.17) is 0 Å². The Bertz CT molecular complexity index is 1100. The van der Waals surface area contributed by atoms with Gasteiger partial charge in [-0.05, 0) is 31.4 Å². The summed E-state index contributed by atoms with van der Waals surface area (Å²) in [6, 6.07) is 7.20. The average molecular weight is 426 g/mol. The van der Waals surface area contributed by atoms with Crippen LogP contribution in [-0.2, 0) is 16.0 Å². The van der Waals surface area contributed by atoms with Crippen molar-refractivity contribution in [1.29, 1.82) is 0 Å². The number of nitrogens with one attached hydrogen (secondary N) is 2. The highest BCUT2D eigenvalue weighted by Gasteiger charge is 2.28. The number of thiazole rings is 1. The number of aryl methyl sites for hydroxylation is 1. The second-order valence-electron chi connectivity index (χ2n) is 7.39. The van der Waals surface area contributed by atoms with Crippen molar-refractivity contribution in [3.8, 4) is 0 Å². The molecule has 2 aromatic heterocycles. The molecule has 3 heterocycles. The van der Waals surface area contributed by atoms with Crippen LogP contribution in [0.1, 0.15) is 31.5 Å². The molecule has 1 fully saturated rings. The quantitative estimate of drug-likeness (QED) is 0.631. The lowest BCUT2D eigenvalue weighted by Gasteiger charge is -2.32. The summed E-state index contributed by atoms with van der Waals surface area (Å²) in [5.74, 6) is 0.321. The molecule has 1 aliphatic heterocycles. The molecule has 156 valence electrons. The molecule has 0 bridgehead atoms. The number of likely N-dealkylation sites (tertiary alicyclic amines) is 1. The third-order valence-electron chi connectivity index (χ3n) is 5.27. The lowest BCUT2D eigenvalue weighted by atomic mass is 9.96. The number of carbonyl (C=O) groups is 2. The van der Waals surface area contributed by atoms with Gasteiger partial charge in [-0.3, -0.25) is 14.4 Å². The number of benzene rings is 1. The van der Waals surface area contributed by atoms with Crippen molar-refractivity contribution < 1.29 is 9.59 Å². The number of aromatic amines is 1. The van der Waals surface area contributed by atoms with E-state index in [-0.39, 0.29) is 23.3 Å². The van der Waals surface area contributed by atoms with Crippen LogP contribution in [-0.4, -0.2) is 44.8 Å². The minimum absolute atomic E-state index is 0.0323. The highest BCUT2D eigenvalue weighted by molar-refractivity contribution is 7.13. The van der Waals surface area contributed by atoms with Crippen LogP contribution in [0.15, 0.2) is 40.6 Å². The van der Waals surface area contributed by atoms with E-state index in [1.807, 2.05) is 17.5 Å². The topological polar surface area (TPSA) is 108 Å². The van der Waals surface area contributed by atoms with Crippen molar-refractivity contribution in [3.05, 3.63) is 52.0 Å². The van der Waals surface area contributed by atoms with Crippen LogP contribution in [0.5, 0.6) is 0 Å². The molecular weight excluding hydrogens is 402 g/mol. The first kappa shape index (κ1) is 20.2. The Morgan fingerprint density at radius 3 is 3.00 bits per heavy atom. The fraction of sp³-hybridized carbons (Fsp3) is 0.381. The average Bonchev–Trinajstić information content (AvgIpc) is 3.27. The van der Waals surface area contributed by atoms with E-state index in [2.05, 4.69) is 20.3 Å². The number of hydrogen-bond donors (Lipinski definition) is 2. The summed E-state index contributed by atoms with van der Waals surface area (Å²) >= 11 is 1.38. The summed E-state index contributed by atoms with van der Waals surface area (Å²) in [6.45, 7) is 1.10. The van der Waals surface area contributed by atoms with Crippen molar-refractivity contribution in [3.63, 3.8) is 0 Å². The van der Waals surface area contributed by atoms with Crippen LogP contribution in [0.25, 0.3) is 10.9 Å². The summed E-state index contributed by atoms with van der Waals surface area (Å²) < 4.78 is 0. The van der Waals surface area contributed by atoms with E-state index in [9.17, 15) is 14.4 Å². The van der Waals surface area contributed by atoms with Crippen LogP contribution < -0.4 is 10.9 Å². The zero-order valence-corrected chi connectivity index (χ0v) is 17.3. The van der Waals surface area contributed by atoms with E-state index in [1.54, 1.807) is 23.2 Å². The number of aromatic nitrogens is 3. The number of H-pyrrole nitrogens is 1. The van der Waals surface area contributed by atoms with Crippen molar-refractivity contribution in [2.45, 2.75) is 32.1 Å². The predicted molar refractivity (Wildman–Crippen MR) is 115 cm³/mol. The summed E-state index contributed by atoms with van der Waals surface area (Å²) in [6.07, 6.45) is 4.69. The molecule has 1 aromatic carbocycles. The third-order valence-corrected chi connectivity index (χ3v) is 5.96. The normalized spacial score (nSPS) is 16.5. The Hall–Kier alpha value is -3.07. The molecule has 1 atom stereocenters. The van der Waals surface area contributed by atoms with Gasteiger partial charge in [0, 0.05) is 37.5 Å². The van der Waals surface area contributed by atoms with Crippen molar-refractivity contribution in [2.75, 3.05) is 18.4 Å². The maximum Gasteiger partial charge on any atom is 0.258 e. The van der Waals surface area contributed by atoms with Crippen molar-refractivity contribution in [1.82, 2.24) is 19.9 Å². The minimum atomic E-state index is -0.217. The van der Waals surface area contributed by atoms with Gasteiger partial charge in [0.15, 0.2) is 5.13 Å². The summed E-state index contributed by atoms with van der Waals surface area (Å²) in [7, 11) is 0. The molecule has 0 saturated carbocycles. The Balaban J connectivity index is 1.29. The van der Waals surface area contributed by atoms with Crippen LogP contribution in [0.4, 0.5) is 5.13 Å². The summed E-state index contributed by atoms with van der Waals surface area (Å²) in [5.41, 5.74) is 0.500. The van der Waals surface area contributed by atoms with Gasteiger partial charge >= 0.3 is 0 Å². The molecule has 3 aromatic rings. The molecule has 1 aliphatic rings. The van der Waals surface area contributed by atoms with Gasteiger partial charge in [-0.15, -0.1) is 11.3 Å². The minimum Gasteiger partial charge on any atom is -0.342 e. The highest BCUT2D eigenvalue weighted by Crippen LogP contribution is 2.20. The van der Waals surface area contributed by atoms with Crippen LogP contribution >= 0.6 is 11.3 Å². The van der Waals surface area contributed by atoms with E-state index in [0.717, 1.165) is 12.8 Å². The standard InChI is InChI=1S/C21H23N5O3S/c27-18(9-3-8-17-23-16-7-2-1-6-15(16)20(29)24-17)26-11-4-5-14(13-26)19(28)25-21-22-10-12-30-21/h1-2,6-7,10,12,14H,3-5,8-9,11,13H2,(H,22,25,28)(H,23,24,29). The van der Waals surface area contributed by atoms with Gasteiger partial charge in [-0.25, -0.2) is 9.97 Å². The maximum atomic E-state index is 12.6. The number of anilines is 1. The van der Waals surface area contributed by atoms with Gasteiger partial charge in [-0.2, -0.15) is 0 Å². The van der Waals surface area contributed by atoms with Crippen LogP contribution in [0.3, 0.4) is 0 Å². The first-order valence-corrected chi connectivity index (χ1v) is 10.9. The SMILES string of the molecule is O=C(Nc1nccs1)C1CCCN(C(=O)CCCc2nc3ccccc3c(=O)[nH]2)C1. The number of nitrogens with zero attached hydrogens (tertiary/aromatic N) is 3. The van der Waals surface area contributed by atoms with Gasteiger partial charge in [0.2, 0.25) is 11.8 Å².